The molecule has 0 nitrogen and oxygen atoms in total. The van der Waals surface area contributed by atoms with Crippen LogP contribution in [0.2, 0.25) is 0 Å². The van der Waals surface area contributed by atoms with Crippen molar-refractivity contribution in [3.05, 3.63) is 47.0 Å². The van der Waals surface area contributed by atoms with E-state index in [1.165, 1.54) is 64.2 Å². The number of hydrogen-bond acceptors (Lipinski definition) is 0. The van der Waals surface area contributed by atoms with Crippen LogP contribution in [0.15, 0.2) is 24.3 Å². The molecule has 1 aromatic rings. The molecule has 2 saturated carbocycles. The lowest BCUT2D eigenvalue weighted by Gasteiger charge is -2.32. The van der Waals surface area contributed by atoms with Crippen molar-refractivity contribution in [1.82, 2.24) is 0 Å². The molecule has 0 radical (unpaired) electrons. The van der Waals surface area contributed by atoms with Crippen molar-refractivity contribution in [2.24, 2.45) is 17.8 Å². The first-order valence-electron chi connectivity index (χ1n) is 13.0. The van der Waals surface area contributed by atoms with Gasteiger partial charge in [0.1, 0.15) is 17.2 Å². The molecule has 0 atom stereocenters. The van der Waals surface area contributed by atoms with E-state index in [9.17, 15) is 22.0 Å². The Kier molecular flexibility index (Phi) is 9.81. The Morgan fingerprint density at radius 3 is 1.67 bits per heavy atom. The molecule has 2 fully saturated rings. The maximum Gasteiger partial charge on any atom is 0.422 e. The van der Waals surface area contributed by atoms with Crippen LogP contribution >= 0.6 is 0 Å². The molecule has 0 bridgehead atoms. The van der Waals surface area contributed by atoms with Gasteiger partial charge in [0.15, 0.2) is 0 Å². The number of alkyl halides is 3. The Labute approximate surface area is 196 Å². The number of benzene rings is 1. The van der Waals surface area contributed by atoms with Gasteiger partial charge < -0.3 is 0 Å². The van der Waals surface area contributed by atoms with Crippen molar-refractivity contribution in [1.29, 1.82) is 0 Å². The highest BCUT2D eigenvalue weighted by molar-refractivity contribution is 5.30. The maximum absolute atomic E-state index is 13.9. The Balaban J connectivity index is 1.37. The molecule has 0 amide bonds. The van der Waals surface area contributed by atoms with Gasteiger partial charge in [-0.3, -0.25) is 0 Å². The smallest absolute Gasteiger partial charge is 0.206 e. The third kappa shape index (κ3) is 7.82. The molecule has 0 N–H and O–H groups in total. The number of allylic oxidation sites excluding steroid dienone is 2. The highest BCUT2D eigenvalue weighted by Gasteiger charge is 2.38. The molecule has 0 heterocycles. The topological polar surface area (TPSA) is 0 Å². The van der Waals surface area contributed by atoms with E-state index >= 15 is 0 Å². The largest absolute Gasteiger partial charge is 0.422 e. The Bertz CT molecular complexity index is 727. The van der Waals surface area contributed by atoms with Crippen LogP contribution in [0, 0.1) is 29.4 Å². The number of hydrogen-bond donors (Lipinski definition) is 0. The fourth-order valence-corrected chi connectivity index (χ4v) is 5.90. The first kappa shape index (κ1) is 26.2. The predicted molar refractivity (Wildman–Crippen MR) is 124 cm³/mol. The van der Waals surface area contributed by atoms with E-state index in [1.54, 1.807) is 0 Å². The zero-order chi connectivity index (χ0) is 23.8. The van der Waals surface area contributed by atoms with Crippen LogP contribution < -0.4 is 0 Å². The van der Waals surface area contributed by atoms with Gasteiger partial charge in [0, 0.05) is 0 Å². The first-order chi connectivity index (χ1) is 15.8. The van der Waals surface area contributed by atoms with Crippen molar-refractivity contribution >= 4 is 0 Å². The molecule has 2 aliphatic rings. The van der Waals surface area contributed by atoms with Crippen LogP contribution in [-0.2, 0) is 6.18 Å². The van der Waals surface area contributed by atoms with Crippen LogP contribution in [0.4, 0.5) is 22.0 Å². The molecule has 0 aliphatic heterocycles. The minimum atomic E-state index is -5.00. The molecule has 0 unspecified atom stereocenters. The van der Waals surface area contributed by atoms with Crippen molar-refractivity contribution in [2.45, 2.75) is 109 Å². The molecular weight excluding hydrogens is 431 g/mol. The van der Waals surface area contributed by atoms with E-state index in [2.05, 4.69) is 19.1 Å². The van der Waals surface area contributed by atoms with Crippen molar-refractivity contribution in [3.63, 3.8) is 0 Å². The van der Waals surface area contributed by atoms with Gasteiger partial charge >= 0.3 is 6.18 Å². The third-order valence-corrected chi connectivity index (χ3v) is 7.98. The van der Waals surface area contributed by atoms with E-state index in [0.29, 0.717) is 11.5 Å². The zero-order valence-electron chi connectivity index (χ0n) is 19.9. The minimum absolute atomic E-state index is 0.0469. The SMILES string of the molecule is CCC/C=C/CC[C@H]1CC[C@H](CC[C@H]2CC[C@H](c3cc(F)c(C(F)(F)F)c(F)c3)CC2)CC1. The standard InChI is InChI=1S/C28H39F5/c1-2-3-4-5-6-7-20-8-10-21(11-9-20)12-13-22-14-16-23(17-15-22)24-18-25(29)27(26(30)19-24)28(31,32)33/h4-5,18-23H,2-3,6-17H2,1H3/b5-4+/t20-,21-,22-,23-. The van der Waals surface area contributed by atoms with Gasteiger partial charge in [-0.05, 0) is 86.3 Å². The Morgan fingerprint density at radius 2 is 1.18 bits per heavy atom. The molecule has 33 heavy (non-hydrogen) atoms. The molecule has 1 aromatic carbocycles. The van der Waals surface area contributed by atoms with Crippen molar-refractivity contribution < 1.29 is 22.0 Å². The summed E-state index contributed by atoms with van der Waals surface area (Å²) in [6.07, 6.45) is 16.0. The lowest BCUT2D eigenvalue weighted by atomic mass is 9.74. The van der Waals surface area contributed by atoms with Gasteiger partial charge in [-0.25, -0.2) is 8.78 Å². The number of rotatable bonds is 9. The molecule has 0 saturated heterocycles. The Morgan fingerprint density at radius 1 is 0.727 bits per heavy atom. The van der Waals surface area contributed by atoms with E-state index in [-0.39, 0.29) is 5.92 Å². The van der Waals surface area contributed by atoms with E-state index in [0.717, 1.165) is 49.7 Å². The van der Waals surface area contributed by atoms with Crippen molar-refractivity contribution in [2.75, 3.05) is 0 Å². The molecule has 3 rings (SSSR count). The monoisotopic (exact) mass is 470 g/mol. The zero-order valence-corrected chi connectivity index (χ0v) is 19.9. The van der Waals surface area contributed by atoms with Crippen LogP contribution in [0.1, 0.15) is 114 Å². The maximum atomic E-state index is 13.9. The normalized spacial score (nSPS) is 26.7. The lowest BCUT2D eigenvalue weighted by Crippen LogP contribution is -2.18. The summed E-state index contributed by atoms with van der Waals surface area (Å²) in [4.78, 5) is 0. The quantitative estimate of drug-likeness (QED) is 0.249. The van der Waals surface area contributed by atoms with Gasteiger partial charge in [-0.1, -0.05) is 64.0 Å². The van der Waals surface area contributed by atoms with Crippen LogP contribution in [0.25, 0.3) is 0 Å². The van der Waals surface area contributed by atoms with Gasteiger partial charge in [0.05, 0.1) is 0 Å². The lowest BCUT2D eigenvalue weighted by molar-refractivity contribution is -0.142. The van der Waals surface area contributed by atoms with Crippen molar-refractivity contribution in [3.8, 4) is 0 Å². The fraction of sp³-hybridized carbons (Fsp3) is 0.714. The van der Waals surface area contributed by atoms with Crippen LogP contribution in [0.5, 0.6) is 0 Å². The molecule has 0 spiro atoms. The van der Waals surface area contributed by atoms with Crippen LogP contribution in [-0.4, -0.2) is 0 Å². The highest BCUT2D eigenvalue weighted by atomic mass is 19.4. The molecule has 0 aromatic heterocycles. The summed E-state index contributed by atoms with van der Waals surface area (Å²) in [5.74, 6) is -0.694. The fourth-order valence-electron chi connectivity index (χ4n) is 5.90. The summed E-state index contributed by atoms with van der Waals surface area (Å²) >= 11 is 0. The summed E-state index contributed by atoms with van der Waals surface area (Å²) in [6.45, 7) is 2.21. The van der Waals surface area contributed by atoms with Gasteiger partial charge in [-0.2, -0.15) is 13.2 Å². The highest BCUT2D eigenvalue weighted by Crippen LogP contribution is 2.42. The van der Waals surface area contributed by atoms with Gasteiger partial charge in [-0.15, -0.1) is 0 Å². The molecule has 5 heteroatoms. The minimum Gasteiger partial charge on any atom is -0.206 e. The summed E-state index contributed by atoms with van der Waals surface area (Å²) in [7, 11) is 0. The second-order valence-corrected chi connectivity index (χ2v) is 10.4. The summed E-state index contributed by atoms with van der Waals surface area (Å²) in [5.41, 5.74) is -1.40. The molecular formula is C28H39F5. The average molecular weight is 471 g/mol. The second-order valence-electron chi connectivity index (χ2n) is 10.4. The third-order valence-electron chi connectivity index (χ3n) is 7.98. The number of unbranched alkanes of at least 4 members (excludes halogenated alkanes) is 1. The van der Waals surface area contributed by atoms with E-state index < -0.39 is 23.4 Å². The summed E-state index contributed by atoms with van der Waals surface area (Å²) in [6, 6.07) is 1.80. The average Bonchev–Trinajstić information content (AvgIpc) is 2.77. The number of halogens is 5. The molecule has 2 aliphatic carbocycles. The van der Waals surface area contributed by atoms with Crippen LogP contribution in [0.3, 0.4) is 0 Å². The predicted octanol–water partition coefficient (Wildman–Crippen LogP) is 9.98. The van der Waals surface area contributed by atoms with Gasteiger partial charge in [0.2, 0.25) is 0 Å². The van der Waals surface area contributed by atoms with Gasteiger partial charge in [0.25, 0.3) is 0 Å². The summed E-state index contributed by atoms with van der Waals surface area (Å²) < 4.78 is 66.3. The first-order valence-corrected chi connectivity index (χ1v) is 13.0. The second kappa shape index (κ2) is 12.4. The molecule has 186 valence electrons. The van der Waals surface area contributed by atoms with E-state index in [1.807, 2.05) is 0 Å². The van der Waals surface area contributed by atoms with E-state index in [4.69, 9.17) is 0 Å². The Hall–Kier alpha value is -1.39. The summed E-state index contributed by atoms with van der Waals surface area (Å²) in [5, 5.41) is 0.